The van der Waals surface area contributed by atoms with Crippen molar-refractivity contribution >= 4 is 17.4 Å². The molecule has 0 N–H and O–H groups in total. The molecule has 0 aliphatic rings. The van der Waals surface area contributed by atoms with Crippen LogP contribution in [0.2, 0.25) is 5.02 Å². The average molecular weight is 281 g/mol. The standard InChI is InChI=1S/C15H11ClF2O/c1-9-7-11(16)5-6-12(9)14(19)8-10-3-2-4-13(17)15(10)18/h2-7H,8H2,1H3. The van der Waals surface area contributed by atoms with Crippen LogP contribution in [0.15, 0.2) is 36.4 Å². The van der Waals surface area contributed by atoms with Gasteiger partial charge in [0.25, 0.3) is 0 Å². The number of Topliss-reactive ketones (excluding diaryl/α,β-unsaturated/α-hetero) is 1. The molecule has 0 saturated heterocycles. The van der Waals surface area contributed by atoms with E-state index < -0.39 is 11.6 Å². The third-order valence-electron chi connectivity index (χ3n) is 2.87. The fraction of sp³-hybridized carbons (Fsp3) is 0.133. The maximum absolute atomic E-state index is 13.5. The van der Waals surface area contributed by atoms with Gasteiger partial charge in [-0.1, -0.05) is 23.7 Å². The van der Waals surface area contributed by atoms with Crippen LogP contribution in [0.3, 0.4) is 0 Å². The Morgan fingerprint density at radius 3 is 2.63 bits per heavy atom. The van der Waals surface area contributed by atoms with Crippen LogP contribution in [-0.4, -0.2) is 5.78 Å². The summed E-state index contributed by atoms with van der Waals surface area (Å²) in [6.07, 6.45) is -0.175. The number of ketones is 1. The molecule has 1 nitrogen and oxygen atoms in total. The van der Waals surface area contributed by atoms with E-state index in [9.17, 15) is 13.6 Å². The van der Waals surface area contributed by atoms with E-state index >= 15 is 0 Å². The molecule has 2 rings (SSSR count). The first-order valence-electron chi connectivity index (χ1n) is 5.71. The largest absolute Gasteiger partial charge is 0.294 e. The number of carbonyl (C=O) groups is 1. The van der Waals surface area contributed by atoms with Gasteiger partial charge in [0.15, 0.2) is 17.4 Å². The number of aryl methyl sites for hydroxylation is 1. The molecule has 0 bridgehead atoms. The highest BCUT2D eigenvalue weighted by Gasteiger charge is 2.14. The molecular formula is C15H11ClF2O. The van der Waals surface area contributed by atoms with Crippen molar-refractivity contribution in [3.05, 3.63) is 69.7 Å². The number of hydrogen-bond acceptors (Lipinski definition) is 1. The second-order valence-electron chi connectivity index (χ2n) is 4.27. The van der Waals surface area contributed by atoms with Crippen molar-refractivity contribution in [2.24, 2.45) is 0 Å². The zero-order valence-electron chi connectivity index (χ0n) is 10.2. The van der Waals surface area contributed by atoms with Crippen molar-refractivity contribution in [3.8, 4) is 0 Å². The van der Waals surface area contributed by atoms with Crippen LogP contribution in [0.5, 0.6) is 0 Å². The first-order chi connectivity index (χ1) is 8.99. The molecule has 0 heterocycles. The highest BCUT2D eigenvalue weighted by molar-refractivity contribution is 6.30. The lowest BCUT2D eigenvalue weighted by Gasteiger charge is -2.06. The van der Waals surface area contributed by atoms with E-state index in [4.69, 9.17) is 11.6 Å². The number of hydrogen-bond donors (Lipinski definition) is 0. The molecule has 0 spiro atoms. The molecule has 0 amide bonds. The number of benzene rings is 2. The van der Waals surface area contributed by atoms with Crippen LogP contribution in [0.1, 0.15) is 21.5 Å². The van der Waals surface area contributed by atoms with Gasteiger partial charge in [0, 0.05) is 17.0 Å². The molecule has 2 aromatic carbocycles. The minimum absolute atomic E-state index is 0.0550. The minimum Gasteiger partial charge on any atom is -0.294 e. The van der Waals surface area contributed by atoms with Crippen molar-refractivity contribution in [1.29, 1.82) is 0 Å². The van der Waals surface area contributed by atoms with Crippen molar-refractivity contribution in [2.45, 2.75) is 13.3 Å². The molecule has 0 radical (unpaired) electrons. The summed E-state index contributed by atoms with van der Waals surface area (Å²) in [4.78, 5) is 12.1. The second kappa shape index (κ2) is 5.49. The topological polar surface area (TPSA) is 17.1 Å². The Kier molecular flexibility index (Phi) is 3.96. The monoisotopic (exact) mass is 280 g/mol. The summed E-state index contributed by atoms with van der Waals surface area (Å²) in [5.41, 5.74) is 1.24. The Labute approximate surface area is 114 Å². The first-order valence-corrected chi connectivity index (χ1v) is 6.09. The molecule has 0 atom stereocenters. The van der Waals surface area contributed by atoms with Crippen LogP contribution in [0, 0.1) is 18.6 Å². The van der Waals surface area contributed by atoms with E-state index in [1.165, 1.54) is 12.1 Å². The van der Waals surface area contributed by atoms with E-state index in [0.29, 0.717) is 16.1 Å². The van der Waals surface area contributed by atoms with Crippen molar-refractivity contribution < 1.29 is 13.6 Å². The highest BCUT2D eigenvalue weighted by Crippen LogP contribution is 2.19. The molecule has 19 heavy (non-hydrogen) atoms. The summed E-state index contributed by atoms with van der Waals surface area (Å²) in [5, 5.41) is 0.533. The maximum atomic E-state index is 13.5. The van der Waals surface area contributed by atoms with Gasteiger partial charge in [-0.15, -0.1) is 0 Å². The Hall–Kier alpha value is -1.74. The van der Waals surface area contributed by atoms with Gasteiger partial charge in [-0.3, -0.25) is 4.79 Å². The van der Waals surface area contributed by atoms with Gasteiger partial charge in [-0.05, 0) is 42.3 Å². The van der Waals surface area contributed by atoms with E-state index in [2.05, 4.69) is 0 Å². The van der Waals surface area contributed by atoms with Gasteiger partial charge in [0.05, 0.1) is 0 Å². The third-order valence-corrected chi connectivity index (χ3v) is 3.11. The van der Waals surface area contributed by atoms with Gasteiger partial charge in [-0.2, -0.15) is 0 Å². The number of rotatable bonds is 3. The Bertz CT molecular complexity index is 638. The zero-order chi connectivity index (χ0) is 14.0. The molecule has 0 aliphatic carbocycles. The summed E-state index contributed by atoms with van der Waals surface area (Å²) >= 11 is 5.81. The zero-order valence-corrected chi connectivity index (χ0v) is 11.0. The second-order valence-corrected chi connectivity index (χ2v) is 4.71. The smallest absolute Gasteiger partial charge is 0.167 e. The summed E-state index contributed by atoms with van der Waals surface area (Å²) in [7, 11) is 0. The molecule has 4 heteroatoms. The lowest BCUT2D eigenvalue weighted by atomic mass is 9.99. The summed E-state index contributed by atoms with van der Waals surface area (Å²) in [6.45, 7) is 1.75. The third kappa shape index (κ3) is 2.99. The predicted molar refractivity (Wildman–Crippen MR) is 70.6 cm³/mol. The molecule has 0 fully saturated rings. The fourth-order valence-electron chi connectivity index (χ4n) is 1.89. The van der Waals surface area contributed by atoms with Crippen LogP contribution in [-0.2, 0) is 6.42 Å². The molecule has 0 aromatic heterocycles. The normalized spacial score (nSPS) is 10.5. The SMILES string of the molecule is Cc1cc(Cl)ccc1C(=O)Cc1cccc(F)c1F. The van der Waals surface area contributed by atoms with Gasteiger partial charge in [0.1, 0.15) is 0 Å². The molecule has 0 unspecified atom stereocenters. The summed E-state index contributed by atoms with van der Waals surface area (Å²) in [6, 6.07) is 8.67. The summed E-state index contributed by atoms with van der Waals surface area (Å²) < 4.78 is 26.6. The van der Waals surface area contributed by atoms with Crippen LogP contribution >= 0.6 is 11.6 Å². The first kappa shape index (κ1) is 13.7. The van der Waals surface area contributed by atoms with Gasteiger partial charge < -0.3 is 0 Å². The Morgan fingerprint density at radius 1 is 1.21 bits per heavy atom. The molecule has 0 aliphatic heterocycles. The predicted octanol–water partition coefficient (Wildman–Crippen LogP) is 4.35. The van der Waals surface area contributed by atoms with Crippen molar-refractivity contribution in [2.75, 3.05) is 0 Å². The lowest BCUT2D eigenvalue weighted by Crippen LogP contribution is -2.07. The van der Waals surface area contributed by atoms with E-state index in [0.717, 1.165) is 6.07 Å². The van der Waals surface area contributed by atoms with Crippen molar-refractivity contribution in [3.63, 3.8) is 0 Å². The van der Waals surface area contributed by atoms with Crippen LogP contribution in [0.25, 0.3) is 0 Å². The highest BCUT2D eigenvalue weighted by atomic mass is 35.5. The lowest BCUT2D eigenvalue weighted by molar-refractivity contribution is 0.0991. The average Bonchev–Trinajstić information content (AvgIpc) is 2.34. The molecule has 2 aromatic rings. The van der Waals surface area contributed by atoms with E-state index in [-0.39, 0.29) is 17.8 Å². The Morgan fingerprint density at radius 2 is 1.95 bits per heavy atom. The van der Waals surface area contributed by atoms with Crippen molar-refractivity contribution in [1.82, 2.24) is 0 Å². The minimum atomic E-state index is -0.970. The quantitative estimate of drug-likeness (QED) is 0.764. The van der Waals surface area contributed by atoms with E-state index in [1.807, 2.05) is 0 Å². The van der Waals surface area contributed by atoms with E-state index in [1.54, 1.807) is 25.1 Å². The molecule has 98 valence electrons. The summed E-state index contributed by atoms with van der Waals surface area (Å²) in [5.74, 6) is -2.18. The molecular weight excluding hydrogens is 270 g/mol. The van der Waals surface area contributed by atoms with Crippen LogP contribution < -0.4 is 0 Å². The number of halogens is 3. The maximum Gasteiger partial charge on any atom is 0.167 e. The fourth-order valence-corrected chi connectivity index (χ4v) is 2.12. The van der Waals surface area contributed by atoms with Crippen LogP contribution in [0.4, 0.5) is 8.78 Å². The van der Waals surface area contributed by atoms with Gasteiger partial charge >= 0.3 is 0 Å². The molecule has 0 saturated carbocycles. The number of carbonyl (C=O) groups excluding carboxylic acids is 1. The van der Waals surface area contributed by atoms with Gasteiger partial charge in [0.2, 0.25) is 0 Å². The Balaban J connectivity index is 2.28. The van der Waals surface area contributed by atoms with Gasteiger partial charge in [-0.25, -0.2) is 8.78 Å².